The van der Waals surface area contributed by atoms with Gasteiger partial charge >= 0.3 is 0 Å². The van der Waals surface area contributed by atoms with Crippen LogP contribution >= 0.6 is 0 Å². The van der Waals surface area contributed by atoms with E-state index in [1.165, 1.54) is 5.56 Å². The zero-order valence-electron chi connectivity index (χ0n) is 28.9. The number of fused-ring (bicyclic) bond motifs is 9. The predicted octanol–water partition coefficient (Wildman–Crippen LogP) is 11.0. The zero-order valence-corrected chi connectivity index (χ0v) is 28.9. The van der Waals surface area contributed by atoms with Gasteiger partial charge in [-0.25, -0.2) is 24.9 Å². The van der Waals surface area contributed by atoms with Crippen molar-refractivity contribution in [2.24, 2.45) is 0 Å². The maximum Gasteiger partial charge on any atom is 0.167 e. The minimum Gasteiger partial charge on any atom is -0.455 e. The minimum absolute atomic E-state index is 0.273. The highest BCUT2D eigenvalue weighted by atomic mass is 16.3. The maximum absolute atomic E-state index is 6.66. The Kier molecular flexibility index (Phi) is 6.17. The van der Waals surface area contributed by atoms with Crippen LogP contribution in [0.4, 0.5) is 0 Å². The van der Waals surface area contributed by atoms with E-state index < -0.39 is 0 Å². The average Bonchev–Trinajstić information content (AvgIpc) is 3.82. The lowest BCUT2D eigenvalue weighted by Crippen LogP contribution is -2.17. The lowest BCUT2D eigenvalue weighted by atomic mass is 9.85. The number of rotatable bonds is 4. The fourth-order valence-electron chi connectivity index (χ4n) is 8.02. The number of furan rings is 1. The summed E-state index contributed by atoms with van der Waals surface area (Å²) in [5.41, 5.74) is 12.0. The van der Waals surface area contributed by atoms with Gasteiger partial charge in [0, 0.05) is 44.0 Å². The van der Waals surface area contributed by atoms with Crippen LogP contribution < -0.4 is 0 Å². The van der Waals surface area contributed by atoms with E-state index in [9.17, 15) is 0 Å². The fraction of sp³-hybridized carbons (Fsp3) is 0.0652. The van der Waals surface area contributed by atoms with Gasteiger partial charge in [-0.3, -0.25) is 4.57 Å². The third-order valence-corrected chi connectivity index (χ3v) is 10.6. The van der Waals surface area contributed by atoms with Gasteiger partial charge in [-0.15, -0.1) is 0 Å². The molecule has 10 aromatic rings. The van der Waals surface area contributed by atoms with Gasteiger partial charge < -0.3 is 4.42 Å². The molecule has 0 bridgehead atoms. The molecule has 0 N–H and O–H groups in total. The number of nitrogens with zero attached hydrogens (tertiary/aromatic N) is 6. The van der Waals surface area contributed by atoms with Crippen molar-refractivity contribution in [2.75, 3.05) is 0 Å². The van der Waals surface area contributed by atoms with Crippen LogP contribution in [-0.2, 0) is 5.41 Å². The number of hydrogen-bond donors (Lipinski definition) is 0. The van der Waals surface area contributed by atoms with Gasteiger partial charge in [0.25, 0.3) is 0 Å². The normalized spacial score (nSPS) is 13.2. The van der Waals surface area contributed by atoms with Gasteiger partial charge in [-0.05, 0) is 35.9 Å². The van der Waals surface area contributed by atoms with Crippen LogP contribution in [0, 0.1) is 0 Å². The summed E-state index contributed by atoms with van der Waals surface area (Å²) in [5, 5.41) is 3.04. The largest absolute Gasteiger partial charge is 0.455 e. The van der Waals surface area contributed by atoms with Gasteiger partial charge in [0.2, 0.25) is 0 Å². The third kappa shape index (κ3) is 4.37. The van der Waals surface area contributed by atoms with Crippen LogP contribution in [0.2, 0.25) is 0 Å². The van der Waals surface area contributed by atoms with E-state index in [1.54, 1.807) is 0 Å². The van der Waals surface area contributed by atoms with Crippen molar-refractivity contribution in [3.05, 3.63) is 157 Å². The number of aromatic nitrogens is 6. The molecule has 0 unspecified atom stereocenters. The molecule has 0 fully saturated rings. The second-order valence-corrected chi connectivity index (χ2v) is 14.1. The minimum atomic E-state index is -0.273. The molecule has 0 spiro atoms. The summed E-state index contributed by atoms with van der Waals surface area (Å²) in [4.78, 5) is 25.7. The fourth-order valence-corrected chi connectivity index (χ4v) is 8.02. The molecule has 7 heteroatoms. The van der Waals surface area contributed by atoms with Crippen LogP contribution in [0.3, 0.4) is 0 Å². The lowest BCUT2D eigenvalue weighted by Gasteiger charge is -2.19. The highest BCUT2D eigenvalue weighted by molar-refractivity contribution is 6.11. The van der Waals surface area contributed by atoms with E-state index in [1.807, 2.05) is 78.9 Å². The lowest BCUT2D eigenvalue weighted by molar-refractivity contribution is 0.637. The van der Waals surface area contributed by atoms with Crippen LogP contribution in [-0.4, -0.2) is 29.5 Å². The summed E-state index contributed by atoms with van der Waals surface area (Å²) < 4.78 is 8.90. The van der Waals surface area contributed by atoms with E-state index in [2.05, 4.69) is 85.1 Å². The highest BCUT2D eigenvalue weighted by Gasteiger charge is 2.39. The second kappa shape index (κ2) is 11.0. The molecule has 0 amide bonds. The van der Waals surface area contributed by atoms with Crippen LogP contribution in [0.15, 0.2) is 150 Å². The van der Waals surface area contributed by atoms with Crippen LogP contribution in [0.5, 0.6) is 0 Å². The molecular weight excluding hydrogens is 653 g/mol. The second-order valence-electron chi connectivity index (χ2n) is 14.1. The molecule has 250 valence electrons. The molecule has 1 aliphatic carbocycles. The Morgan fingerprint density at radius 1 is 0.528 bits per heavy atom. The first-order valence-corrected chi connectivity index (χ1v) is 17.8. The Morgan fingerprint density at radius 2 is 1.17 bits per heavy atom. The maximum atomic E-state index is 6.66. The molecule has 0 radical (unpaired) electrons. The van der Waals surface area contributed by atoms with Crippen molar-refractivity contribution in [1.82, 2.24) is 29.5 Å². The molecule has 1 aliphatic rings. The van der Waals surface area contributed by atoms with E-state index in [4.69, 9.17) is 29.3 Å². The van der Waals surface area contributed by atoms with Gasteiger partial charge in [0.05, 0.1) is 22.5 Å². The van der Waals surface area contributed by atoms with Gasteiger partial charge in [-0.1, -0.05) is 129 Å². The van der Waals surface area contributed by atoms with Gasteiger partial charge in [-0.2, -0.15) is 0 Å². The Hall–Kier alpha value is -6.99. The Morgan fingerprint density at radius 3 is 1.94 bits per heavy atom. The first-order valence-electron chi connectivity index (χ1n) is 17.8. The van der Waals surface area contributed by atoms with Crippen molar-refractivity contribution in [2.45, 2.75) is 19.3 Å². The molecule has 53 heavy (non-hydrogen) atoms. The molecule has 0 aliphatic heterocycles. The Balaban J connectivity index is 1.12. The van der Waals surface area contributed by atoms with Crippen LogP contribution in [0.1, 0.15) is 25.1 Å². The quantitative estimate of drug-likeness (QED) is 0.184. The molecule has 0 atom stereocenters. The molecule has 0 saturated heterocycles. The molecule has 4 aromatic heterocycles. The van der Waals surface area contributed by atoms with Crippen molar-refractivity contribution in [1.29, 1.82) is 0 Å². The molecule has 6 aromatic carbocycles. The van der Waals surface area contributed by atoms with E-state index in [0.29, 0.717) is 17.5 Å². The summed E-state index contributed by atoms with van der Waals surface area (Å²) in [6.07, 6.45) is 0. The molecule has 11 rings (SSSR count). The molecule has 0 saturated carbocycles. The Bertz CT molecular complexity index is 3030. The topological polar surface area (TPSA) is 82.5 Å². The van der Waals surface area contributed by atoms with Crippen molar-refractivity contribution in [3.63, 3.8) is 0 Å². The zero-order chi connectivity index (χ0) is 35.3. The molecule has 7 nitrogen and oxygen atoms in total. The van der Waals surface area contributed by atoms with E-state index in [0.717, 1.165) is 83.3 Å². The Labute approximate surface area is 304 Å². The average molecular weight is 683 g/mol. The number of benzene rings is 6. The highest BCUT2D eigenvalue weighted by Crippen LogP contribution is 2.48. The van der Waals surface area contributed by atoms with Gasteiger partial charge in [0.1, 0.15) is 16.7 Å². The smallest absolute Gasteiger partial charge is 0.167 e. The first-order chi connectivity index (χ1) is 26.0. The van der Waals surface area contributed by atoms with Crippen molar-refractivity contribution >= 4 is 44.0 Å². The van der Waals surface area contributed by atoms with Crippen molar-refractivity contribution < 1.29 is 4.42 Å². The SMILES string of the molecule is CC1(C)c2ccccc2-c2nc3c4ccccc4n(-c4ccc5oc6c(-c7nc(-c8ccccc8)nc(-c8ccccc8)n7)cccc6c5c4)c3nc21. The van der Waals surface area contributed by atoms with E-state index >= 15 is 0 Å². The number of para-hydroxylation sites is 2. The predicted molar refractivity (Wildman–Crippen MR) is 211 cm³/mol. The van der Waals surface area contributed by atoms with Gasteiger partial charge in [0.15, 0.2) is 23.1 Å². The summed E-state index contributed by atoms with van der Waals surface area (Å²) in [5.74, 6) is 1.77. The van der Waals surface area contributed by atoms with E-state index in [-0.39, 0.29) is 5.41 Å². The first kappa shape index (κ1) is 29.7. The molecule has 4 heterocycles. The summed E-state index contributed by atoms with van der Waals surface area (Å²) in [6.45, 7) is 4.48. The molecular formula is C46H30N6O. The number of hydrogen-bond acceptors (Lipinski definition) is 6. The third-order valence-electron chi connectivity index (χ3n) is 10.6. The summed E-state index contributed by atoms with van der Waals surface area (Å²) >= 11 is 0. The summed E-state index contributed by atoms with van der Waals surface area (Å²) in [6, 6.07) is 49.5. The van der Waals surface area contributed by atoms with Crippen LogP contribution in [0.25, 0.3) is 95.1 Å². The standard InChI is InChI=1S/C46H30N6O/c1-46(2)35-22-11-9-18-31(35)38-41(46)48-45-39(47-38)32-19-10-12-23-36(32)52(45)29-24-25-37-34(26-29)30-20-13-21-33(40(30)53-37)44-50-42(27-14-5-3-6-15-27)49-43(51-44)28-16-7-4-8-17-28/h3-26H,1-2H3. The monoisotopic (exact) mass is 682 g/mol. The van der Waals surface area contributed by atoms with Crippen molar-refractivity contribution in [3.8, 4) is 51.1 Å². The summed E-state index contributed by atoms with van der Waals surface area (Å²) in [7, 11) is 0.